The Morgan fingerprint density at radius 1 is 1.53 bits per heavy atom. The highest BCUT2D eigenvalue weighted by Gasteiger charge is 2.54. The first-order valence-corrected chi connectivity index (χ1v) is 5.32. The molecule has 1 aromatic rings. The van der Waals surface area contributed by atoms with Gasteiger partial charge in [0.25, 0.3) is 0 Å². The van der Waals surface area contributed by atoms with Crippen molar-refractivity contribution < 1.29 is 9.90 Å². The monoisotopic (exact) mass is 271 g/mol. The standard InChI is InChI=1S/C9H10BrN3O2/c10-5-3-12-8(13-4-5)9(1-2-9)6(11)7(14)15/h3-4,6H,1-2,11H2,(H,14,15). The number of carboxylic acid groups (broad SMARTS) is 1. The van der Waals surface area contributed by atoms with Crippen molar-refractivity contribution in [1.29, 1.82) is 0 Å². The molecule has 1 unspecified atom stereocenters. The number of nitrogens with zero attached hydrogens (tertiary/aromatic N) is 2. The number of carboxylic acids is 1. The molecule has 1 heterocycles. The molecule has 0 aromatic carbocycles. The minimum absolute atomic E-state index is 0.528. The highest BCUT2D eigenvalue weighted by molar-refractivity contribution is 9.10. The van der Waals surface area contributed by atoms with Gasteiger partial charge in [0.15, 0.2) is 0 Å². The van der Waals surface area contributed by atoms with Gasteiger partial charge in [-0.1, -0.05) is 0 Å². The minimum atomic E-state index is -1.00. The summed E-state index contributed by atoms with van der Waals surface area (Å²) in [5.74, 6) is -0.473. The SMILES string of the molecule is NC(C(=O)O)C1(c2ncc(Br)cn2)CC1. The summed E-state index contributed by atoms with van der Waals surface area (Å²) in [6.07, 6.45) is 4.69. The Balaban J connectivity index is 2.30. The average molecular weight is 272 g/mol. The van der Waals surface area contributed by atoms with Crippen molar-refractivity contribution in [3.63, 3.8) is 0 Å². The minimum Gasteiger partial charge on any atom is -0.480 e. The van der Waals surface area contributed by atoms with Crippen molar-refractivity contribution in [2.45, 2.75) is 24.3 Å². The van der Waals surface area contributed by atoms with E-state index in [9.17, 15) is 4.79 Å². The second-order valence-electron chi connectivity index (χ2n) is 3.70. The summed E-state index contributed by atoms with van der Waals surface area (Å²) >= 11 is 3.23. The van der Waals surface area contributed by atoms with E-state index in [1.54, 1.807) is 12.4 Å². The lowest BCUT2D eigenvalue weighted by Gasteiger charge is -2.17. The number of aromatic nitrogens is 2. The molecule has 1 aromatic heterocycles. The molecule has 1 aliphatic rings. The van der Waals surface area contributed by atoms with Crippen LogP contribution in [0.1, 0.15) is 18.7 Å². The van der Waals surface area contributed by atoms with Gasteiger partial charge in [0.05, 0.1) is 9.89 Å². The molecule has 0 bridgehead atoms. The molecule has 0 amide bonds. The molecule has 2 rings (SSSR count). The lowest BCUT2D eigenvalue weighted by Crippen LogP contribution is -2.42. The molecular formula is C9H10BrN3O2. The summed E-state index contributed by atoms with van der Waals surface area (Å²) in [4.78, 5) is 19.1. The maximum atomic E-state index is 10.8. The molecule has 1 fully saturated rings. The van der Waals surface area contributed by atoms with E-state index in [4.69, 9.17) is 10.8 Å². The summed E-state index contributed by atoms with van der Waals surface area (Å²) in [6, 6.07) is -0.918. The van der Waals surface area contributed by atoms with Gasteiger partial charge in [0, 0.05) is 12.4 Å². The predicted molar refractivity (Wildman–Crippen MR) is 56.3 cm³/mol. The summed E-state index contributed by atoms with van der Waals surface area (Å²) < 4.78 is 0.769. The smallest absolute Gasteiger partial charge is 0.321 e. The van der Waals surface area contributed by atoms with Crippen molar-refractivity contribution in [1.82, 2.24) is 9.97 Å². The molecule has 0 saturated heterocycles. The maximum absolute atomic E-state index is 10.8. The molecule has 3 N–H and O–H groups in total. The predicted octanol–water partition coefficient (Wildman–Crippen LogP) is 0.683. The number of nitrogens with two attached hydrogens (primary N) is 1. The molecule has 80 valence electrons. The highest BCUT2D eigenvalue weighted by Crippen LogP contribution is 2.48. The largest absolute Gasteiger partial charge is 0.480 e. The molecule has 1 aliphatic carbocycles. The Morgan fingerprint density at radius 2 is 2.07 bits per heavy atom. The van der Waals surface area contributed by atoms with Crippen LogP contribution in [0.2, 0.25) is 0 Å². The van der Waals surface area contributed by atoms with E-state index in [1.807, 2.05) is 0 Å². The Kier molecular flexibility index (Phi) is 2.47. The molecule has 0 spiro atoms. The highest BCUT2D eigenvalue weighted by atomic mass is 79.9. The van der Waals surface area contributed by atoms with Gasteiger partial charge in [0.2, 0.25) is 0 Å². The fourth-order valence-corrected chi connectivity index (χ4v) is 1.82. The Hall–Kier alpha value is -1.01. The average Bonchev–Trinajstić information content (AvgIpc) is 2.99. The van der Waals surface area contributed by atoms with Crippen LogP contribution in [0.3, 0.4) is 0 Å². The van der Waals surface area contributed by atoms with Crippen LogP contribution in [-0.4, -0.2) is 27.1 Å². The first-order valence-electron chi connectivity index (χ1n) is 4.53. The van der Waals surface area contributed by atoms with Crippen LogP contribution >= 0.6 is 15.9 Å². The molecule has 1 saturated carbocycles. The zero-order chi connectivity index (χ0) is 11.1. The summed E-state index contributed by atoms with van der Waals surface area (Å²) in [5.41, 5.74) is 5.09. The van der Waals surface area contributed by atoms with Gasteiger partial charge in [-0.15, -0.1) is 0 Å². The fraction of sp³-hybridized carbons (Fsp3) is 0.444. The number of carbonyl (C=O) groups is 1. The van der Waals surface area contributed by atoms with Crippen LogP contribution in [0.5, 0.6) is 0 Å². The van der Waals surface area contributed by atoms with Crippen LogP contribution < -0.4 is 5.73 Å². The number of halogens is 1. The van der Waals surface area contributed by atoms with Crippen LogP contribution in [0.4, 0.5) is 0 Å². The van der Waals surface area contributed by atoms with Gasteiger partial charge < -0.3 is 10.8 Å². The molecule has 15 heavy (non-hydrogen) atoms. The maximum Gasteiger partial charge on any atom is 0.321 e. The summed E-state index contributed by atoms with van der Waals surface area (Å²) in [7, 11) is 0. The topological polar surface area (TPSA) is 89.1 Å². The van der Waals surface area contributed by atoms with Crippen molar-refractivity contribution in [2.24, 2.45) is 5.73 Å². The van der Waals surface area contributed by atoms with E-state index < -0.39 is 17.4 Å². The Morgan fingerprint density at radius 3 is 2.47 bits per heavy atom. The van der Waals surface area contributed by atoms with Gasteiger partial charge in [-0.3, -0.25) is 4.79 Å². The number of hydrogen-bond donors (Lipinski definition) is 2. The van der Waals surface area contributed by atoms with Crippen LogP contribution in [0, 0.1) is 0 Å². The number of rotatable bonds is 3. The third-order valence-electron chi connectivity index (χ3n) is 2.72. The van der Waals surface area contributed by atoms with E-state index in [1.165, 1.54) is 0 Å². The third-order valence-corrected chi connectivity index (χ3v) is 3.13. The van der Waals surface area contributed by atoms with Crippen LogP contribution in [-0.2, 0) is 10.2 Å². The van der Waals surface area contributed by atoms with E-state index in [0.717, 1.165) is 17.3 Å². The van der Waals surface area contributed by atoms with Crippen LogP contribution in [0.15, 0.2) is 16.9 Å². The van der Waals surface area contributed by atoms with Gasteiger partial charge in [0.1, 0.15) is 11.9 Å². The van der Waals surface area contributed by atoms with Gasteiger partial charge >= 0.3 is 5.97 Å². The molecule has 0 aliphatic heterocycles. The lowest BCUT2D eigenvalue weighted by molar-refractivity contribution is -0.139. The Bertz CT molecular complexity index is 389. The normalized spacial score (nSPS) is 19.6. The van der Waals surface area contributed by atoms with E-state index in [2.05, 4.69) is 25.9 Å². The quantitative estimate of drug-likeness (QED) is 0.844. The number of aliphatic carboxylic acids is 1. The molecular weight excluding hydrogens is 262 g/mol. The first-order chi connectivity index (χ1) is 7.06. The second-order valence-corrected chi connectivity index (χ2v) is 4.61. The van der Waals surface area contributed by atoms with E-state index >= 15 is 0 Å². The van der Waals surface area contributed by atoms with E-state index in [-0.39, 0.29) is 0 Å². The first kappa shape index (κ1) is 10.5. The molecule has 0 radical (unpaired) electrons. The van der Waals surface area contributed by atoms with Crippen molar-refractivity contribution in [3.05, 3.63) is 22.7 Å². The zero-order valence-electron chi connectivity index (χ0n) is 7.85. The molecule has 6 heteroatoms. The van der Waals surface area contributed by atoms with Gasteiger partial charge in [-0.25, -0.2) is 9.97 Å². The zero-order valence-corrected chi connectivity index (χ0v) is 9.44. The third kappa shape index (κ3) is 1.74. The van der Waals surface area contributed by atoms with E-state index in [0.29, 0.717) is 5.82 Å². The summed E-state index contributed by atoms with van der Waals surface area (Å²) in [6.45, 7) is 0. The Labute approximate surface area is 94.9 Å². The summed E-state index contributed by atoms with van der Waals surface area (Å²) in [5, 5.41) is 8.88. The lowest BCUT2D eigenvalue weighted by atomic mass is 9.96. The molecule has 5 nitrogen and oxygen atoms in total. The van der Waals surface area contributed by atoms with Crippen molar-refractivity contribution in [3.8, 4) is 0 Å². The van der Waals surface area contributed by atoms with Gasteiger partial charge in [-0.2, -0.15) is 0 Å². The number of hydrogen-bond acceptors (Lipinski definition) is 4. The van der Waals surface area contributed by atoms with Crippen molar-refractivity contribution >= 4 is 21.9 Å². The molecule has 1 atom stereocenters. The van der Waals surface area contributed by atoms with Crippen molar-refractivity contribution in [2.75, 3.05) is 0 Å². The van der Waals surface area contributed by atoms with Crippen LogP contribution in [0.25, 0.3) is 0 Å². The fourth-order valence-electron chi connectivity index (χ4n) is 1.61. The second kappa shape index (κ2) is 3.53. The van der Waals surface area contributed by atoms with Gasteiger partial charge in [-0.05, 0) is 28.8 Å².